The molecule has 4 rings (SSSR count). The Morgan fingerprint density at radius 1 is 1.62 bits per heavy atom. The first-order valence-corrected chi connectivity index (χ1v) is 7.31. The summed E-state index contributed by atoms with van der Waals surface area (Å²) < 4.78 is 37.8. The average Bonchev–Trinajstić information content (AvgIpc) is 2.96. The first kappa shape index (κ1) is 9.62. The van der Waals surface area contributed by atoms with Crippen LogP contribution in [0.25, 0.3) is 10.9 Å². The Kier molecular flexibility index (Phi) is 2.09. The second-order valence-corrected chi connectivity index (χ2v) is 6.21. The van der Waals surface area contributed by atoms with Crippen LogP contribution < -0.4 is 0 Å². The number of benzene rings is 1. The smallest absolute Gasteiger partial charge is 0.110 e. The molecule has 1 aliphatic carbocycles. The number of nitrogens with zero attached hydrogens (tertiary/aromatic N) is 1. The van der Waals surface area contributed by atoms with Gasteiger partial charge in [-0.15, -0.1) is 0 Å². The monoisotopic (exact) mass is 290 g/mol. The molecule has 0 radical (unpaired) electrons. The minimum absolute atomic E-state index is 0.173. The summed E-state index contributed by atoms with van der Waals surface area (Å²) in [5.74, 6) is -0.376. The van der Waals surface area contributed by atoms with Crippen molar-refractivity contribution in [3.8, 4) is 0 Å². The molecule has 1 aliphatic heterocycles. The van der Waals surface area contributed by atoms with Gasteiger partial charge in [-0.2, -0.15) is 0 Å². The zero-order valence-corrected chi connectivity index (χ0v) is 12.0. The summed E-state index contributed by atoms with van der Waals surface area (Å²) in [6, 6.07) is 5.40. The molecular weight excluding hydrogens is 264 g/mol. The number of fused-ring (bicyclic) bond motifs is 2. The van der Waals surface area contributed by atoms with Gasteiger partial charge in [-0.25, -0.2) is 0 Å². The van der Waals surface area contributed by atoms with E-state index in [2.05, 4.69) is 4.98 Å². The summed E-state index contributed by atoms with van der Waals surface area (Å²) in [5.41, 5.74) is 1.46. The van der Waals surface area contributed by atoms with Gasteiger partial charge in [-0.3, -0.25) is 4.90 Å². The van der Waals surface area contributed by atoms with Gasteiger partial charge >= 0.3 is 0 Å². The number of likely N-dealkylation sites (tertiary alicyclic amines) is 1. The van der Waals surface area contributed by atoms with Crippen molar-refractivity contribution in [2.45, 2.75) is 24.5 Å². The lowest BCUT2D eigenvalue weighted by Gasteiger charge is -2.52. The van der Waals surface area contributed by atoms with Crippen molar-refractivity contribution in [1.29, 1.82) is 0 Å². The van der Waals surface area contributed by atoms with Crippen LogP contribution in [0.3, 0.4) is 0 Å². The molecule has 21 heavy (non-hydrogen) atoms. The number of ether oxygens (including phenoxy) is 1. The SMILES string of the molecule is [2H]C1[C@@H](CO)CN(C)[C@@H]2Cc3c[nH]c4cccc(c34)[C@@]12OC([2H])([2H])[2H]. The van der Waals surface area contributed by atoms with E-state index in [1.807, 2.05) is 36.3 Å². The molecule has 0 bridgehead atoms. The van der Waals surface area contributed by atoms with Crippen LogP contribution in [-0.4, -0.2) is 48.3 Å². The molecule has 112 valence electrons. The van der Waals surface area contributed by atoms with Crippen LogP contribution in [-0.2, 0) is 16.8 Å². The van der Waals surface area contributed by atoms with Crippen LogP contribution >= 0.6 is 0 Å². The number of hydrogen-bond acceptors (Lipinski definition) is 3. The highest BCUT2D eigenvalue weighted by atomic mass is 16.5. The Morgan fingerprint density at radius 3 is 3.33 bits per heavy atom. The van der Waals surface area contributed by atoms with E-state index < -0.39 is 19.0 Å². The summed E-state index contributed by atoms with van der Waals surface area (Å²) in [6.45, 7) is 0.366. The molecule has 0 saturated carbocycles. The number of aromatic amines is 1. The Bertz CT molecular complexity index is 806. The van der Waals surface area contributed by atoms with Crippen molar-refractivity contribution in [3.63, 3.8) is 0 Å². The maximum absolute atomic E-state index is 9.78. The van der Waals surface area contributed by atoms with Crippen LogP contribution in [0.2, 0.25) is 0 Å². The van der Waals surface area contributed by atoms with Crippen molar-refractivity contribution < 1.29 is 15.3 Å². The average molecular weight is 290 g/mol. The quantitative estimate of drug-likeness (QED) is 0.888. The third-order valence-electron chi connectivity index (χ3n) is 5.06. The number of aliphatic hydroxyl groups excluding tert-OH is 1. The predicted molar refractivity (Wildman–Crippen MR) is 82.3 cm³/mol. The molecule has 1 saturated heterocycles. The molecule has 1 unspecified atom stereocenters. The predicted octanol–water partition coefficient (Wildman–Crippen LogP) is 1.88. The number of piperidine rings is 1. The van der Waals surface area contributed by atoms with Gasteiger partial charge in [-0.05, 0) is 43.0 Å². The van der Waals surface area contributed by atoms with Crippen LogP contribution in [0.1, 0.15) is 23.0 Å². The van der Waals surface area contributed by atoms with E-state index in [0.717, 1.165) is 22.0 Å². The van der Waals surface area contributed by atoms with E-state index in [0.29, 0.717) is 13.0 Å². The van der Waals surface area contributed by atoms with E-state index in [9.17, 15) is 5.11 Å². The van der Waals surface area contributed by atoms with Crippen molar-refractivity contribution in [2.24, 2.45) is 5.92 Å². The molecular formula is C17H22N2O2. The summed E-state index contributed by atoms with van der Waals surface area (Å²) in [5, 5.41) is 10.7. The molecule has 0 amide bonds. The number of aromatic nitrogens is 1. The lowest BCUT2D eigenvalue weighted by molar-refractivity contribution is -0.130. The standard InChI is InChI=1S/C17H22N2O2/c1-19-9-11(10-20)7-17(21-2)13-4-3-5-14-16(13)12(8-18-14)6-15(17)19/h3-5,8,11,15,18,20H,6-7,9-10H2,1-2H3/t11-,15-,17+/m1/s1/i2D3,7D/t7?,11-,15-,17+. The normalized spacial score (nSPS) is 39.2. The third-order valence-corrected chi connectivity index (χ3v) is 5.06. The largest absolute Gasteiger partial charge is 0.396 e. The molecule has 4 heteroatoms. The summed E-state index contributed by atoms with van der Waals surface area (Å²) in [4.78, 5) is 5.27. The zero-order chi connectivity index (χ0) is 18.0. The molecule has 1 aromatic carbocycles. The number of hydrogen-bond donors (Lipinski definition) is 2. The fraction of sp³-hybridized carbons (Fsp3) is 0.529. The van der Waals surface area contributed by atoms with Crippen LogP contribution in [0.4, 0.5) is 0 Å². The molecule has 1 aromatic heterocycles. The number of aliphatic hydroxyl groups is 1. The molecule has 2 heterocycles. The molecule has 2 aliphatic rings. The van der Waals surface area contributed by atoms with Crippen LogP contribution in [0, 0.1) is 5.92 Å². The van der Waals surface area contributed by atoms with Crippen molar-refractivity contribution >= 4 is 10.9 Å². The number of H-pyrrole nitrogens is 1. The fourth-order valence-electron chi connectivity index (χ4n) is 4.13. The Morgan fingerprint density at radius 2 is 2.52 bits per heavy atom. The van der Waals surface area contributed by atoms with E-state index in [4.69, 9.17) is 10.2 Å². The summed E-state index contributed by atoms with van der Waals surface area (Å²) in [6.07, 6.45) is 1.70. The third kappa shape index (κ3) is 1.67. The van der Waals surface area contributed by atoms with E-state index in [-0.39, 0.29) is 18.6 Å². The second-order valence-electron chi connectivity index (χ2n) is 6.21. The topological polar surface area (TPSA) is 48.5 Å². The number of likely N-dealkylation sites (N-methyl/N-ethyl adjacent to an activating group) is 1. The van der Waals surface area contributed by atoms with Crippen molar-refractivity contribution in [3.05, 3.63) is 35.5 Å². The number of methoxy groups -OCH3 is 1. The summed E-state index contributed by atoms with van der Waals surface area (Å²) >= 11 is 0. The Hall–Kier alpha value is -1.36. The molecule has 2 aromatic rings. The van der Waals surface area contributed by atoms with E-state index >= 15 is 0 Å². The highest BCUT2D eigenvalue weighted by molar-refractivity contribution is 5.88. The van der Waals surface area contributed by atoms with Gasteiger partial charge in [0, 0.05) is 44.7 Å². The molecule has 0 spiro atoms. The maximum atomic E-state index is 9.78. The van der Waals surface area contributed by atoms with Crippen molar-refractivity contribution in [1.82, 2.24) is 9.88 Å². The first-order valence-electron chi connectivity index (χ1n) is 9.38. The fourth-order valence-corrected chi connectivity index (χ4v) is 4.13. The van der Waals surface area contributed by atoms with E-state index in [1.165, 1.54) is 0 Å². The highest BCUT2D eigenvalue weighted by Crippen LogP contribution is 2.49. The van der Waals surface area contributed by atoms with Gasteiger partial charge in [0.05, 0.1) is 4.11 Å². The maximum Gasteiger partial charge on any atom is 0.110 e. The lowest BCUT2D eigenvalue weighted by Crippen LogP contribution is -2.59. The van der Waals surface area contributed by atoms with E-state index in [1.54, 1.807) is 0 Å². The highest BCUT2D eigenvalue weighted by Gasteiger charge is 2.51. The number of rotatable bonds is 2. The molecule has 4 atom stereocenters. The summed E-state index contributed by atoms with van der Waals surface area (Å²) in [7, 11) is -0.722. The van der Waals surface area contributed by atoms with Gasteiger partial charge < -0.3 is 14.8 Å². The van der Waals surface area contributed by atoms with Gasteiger partial charge in [0.1, 0.15) is 5.60 Å². The van der Waals surface area contributed by atoms with Gasteiger partial charge in [0.15, 0.2) is 0 Å². The lowest BCUT2D eigenvalue weighted by atomic mass is 9.69. The van der Waals surface area contributed by atoms with Crippen LogP contribution in [0.15, 0.2) is 24.4 Å². The minimum atomic E-state index is -2.63. The number of nitrogens with one attached hydrogen (secondary N) is 1. The Balaban J connectivity index is 2.01. The first-order chi connectivity index (χ1) is 11.8. The zero-order valence-electron chi connectivity index (χ0n) is 16.0. The molecule has 1 fully saturated rings. The Labute approximate surface area is 130 Å². The second kappa shape index (κ2) is 4.57. The van der Waals surface area contributed by atoms with Gasteiger partial charge in [0.25, 0.3) is 0 Å². The van der Waals surface area contributed by atoms with Crippen molar-refractivity contribution in [2.75, 3.05) is 27.2 Å². The van der Waals surface area contributed by atoms with Gasteiger partial charge in [-0.1, -0.05) is 12.1 Å². The minimum Gasteiger partial charge on any atom is -0.396 e. The molecule has 4 nitrogen and oxygen atoms in total. The molecule has 2 N–H and O–H groups in total. The van der Waals surface area contributed by atoms with Gasteiger partial charge in [0.2, 0.25) is 0 Å². The van der Waals surface area contributed by atoms with Crippen LogP contribution in [0.5, 0.6) is 0 Å².